The Morgan fingerprint density at radius 2 is 1.61 bits per heavy atom. The summed E-state index contributed by atoms with van der Waals surface area (Å²) in [7, 11) is 1.43. The van der Waals surface area contributed by atoms with Crippen LogP contribution in [-0.2, 0) is 23.8 Å². The minimum Gasteiger partial charge on any atom is -0.507 e. The topological polar surface area (TPSA) is 217 Å². The Bertz CT molecular complexity index is 1990. The number of aromatic hydroxyl groups is 3. The van der Waals surface area contributed by atoms with Crippen molar-refractivity contribution in [3.63, 3.8) is 0 Å². The fraction of sp³-hybridized carbons (Fsp3) is 0.524. The highest BCUT2D eigenvalue weighted by Gasteiger charge is 2.50. The van der Waals surface area contributed by atoms with Crippen LogP contribution in [-0.4, -0.2) is 105 Å². The molecule has 0 fully saturated rings. The molecule has 57 heavy (non-hydrogen) atoms. The first kappa shape index (κ1) is 44.6. The van der Waals surface area contributed by atoms with E-state index in [1.807, 2.05) is 13.8 Å². The van der Waals surface area contributed by atoms with Crippen molar-refractivity contribution in [3.05, 3.63) is 52.8 Å². The second-order valence-electron chi connectivity index (χ2n) is 15.0. The van der Waals surface area contributed by atoms with Crippen molar-refractivity contribution in [3.8, 4) is 23.0 Å². The van der Waals surface area contributed by atoms with Crippen LogP contribution in [0.5, 0.6) is 23.0 Å². The molecule has 0 aliphatic carbocycles. The number of ether oxygens (including phenoxy) is 4. The highest BCUT2D eigenvalue weighted by molar-refractivity contribution is 6.23. The molecule has 3 aliphatic heterocycles. The lowest BCUT2D eigenvalue weighted by Gasteiger charge is -2.38. The first-order valence-corrected chi connectivity index (χ1v) is 19.1. The van der Waals surface area contributed by atoms with Crippen LogP contribution in [0.4, 0.5) is 5.69 Å². The van der Waals surface area contributed by atoms with Crippen molar-refractivity contribution >= 4 is 40.3 Å². The van der Waals surface area contributed by atoms with Gasteiger partial charge in [-0.3, -0.25) is 19.4 Å². The molecule has 5 bridgehead atoms. The summed E-state index contributed by atoms with van der Waals surface area (Å²) in [6.07, 6.45) is 4.79. The lowest BCUT2D eigenvalue weighted by atomic mass is 9.78. The van der Waals surface area contributed by atoms with Gasteiger partial charge < -0.3 is 49.8 Å². The number of benzene rings is 2. The first-order valence-electron chi connectivity index (χ1n) is 19.1. The highest BCUT2D eigenvalue weighted by atomic mass is 16.7. The van der Waals surface area contributed by atoms with E-state index in [2.05, 4.69) is 10.4 Å². The molecule has 5 rings (SSSR count). The number of allylic oxidation sites excluding steroid dienone is 2. The zero-order valence-electron chi connectivity index (χ0n) is 34.5. The van der Waals surface area contributed by atoms with Gasteiger partial charge in [-0.2, -0.15) is 5.10 Å². The van der Waals surface area contributed by atoms with Gasteiger partial charge in [0.1, 0.15) is 23.4 Å². The number of Topliss-reactive ketones (excluding diaryl/α,β-unsaturated/α-hetero) is 1. The lowest BCUT2D eigenvalue weighted by Crippen LogP contribution is -2.46. The Balaban J connectivity index is 1.99. The number of nitrogens with one attached hydrogen (secondary N) is 1. The molecule has 15 heteroatoms. The predicted molar refractivity (Wildman–Crippen MR) is 214 cm³/mol. The molecule has 9 atom stereocenters. The third-order valence-electron chi connectivity index (χ3n) is 11.1. The standard InChI is InChI=1S/C42H57N3O12/c1-12-45(13-2)43-19-27-32-37(51)30-29(36(27)50)31-39(25(8)35(30)49)57-42(10,40(31)52)55-18-17-28(54-11)22(5)38(56-26(9)46)24(7)34(48)23(6)33(47)20(3)15-14-16-21(4)41(53)44-32/h14-20,22-24,28,33-34,38,47-51H,12-13H2,1-11H3,(H,44,53)/b15-14+,18-17+,21-16-,43-19+/t20-,22-,23-,24-,28+,33-,34+,38-,42+/m1/s1. The number of esters is 1. The minimum atomic E-state index is -2.04. The number of aliphatic hydroxyl groups is 2. The van der Waals surface area contributed by atoms with E-state index in [1.165, 1.54) is 59.4 Å². The molecule has 0 radical (unpaired) electrons. The van der Waals surface area contributed by atoms with Crippen LogP contribution in [0.2, 0.25) is 0 Å². The van der Waals surface area contributed by atoms with Crippen LogP contribution in [0, 0.1) is 30.6 Å². The quantitative estimate of drug-likeness (QED) is 0.0708. The Kier molecular flexibility index (Phi) is 14.1. The zero-order valence-corrected chi connectivity index (χ0v) is 34.5. The van der Waals surface area contributed by atoms with Crippen LogP contribution < -0.4 is 10.1 Å². The number of fused-ring (bicyclic) bond motifs is 14. The number of methoxy groups -OCH3 is 1. The Morgan fingerprint density at radius 1 is 0.965 bits per heavy atom. The predicted octanol–water partition coefficient (Wildman–Crippen LogP) is 5.43. The number of amides is 1. The van der Waals surface area contributed by atoms with E-state index in [0.29, 0.717) is 13.1 Å². The van der Waals surface area contributed by atoms with Gasteiger partial charge in [0.05, 0.1) is 53.0 Å². The van der Waals surface area contributed by atoms with Crippen molar-refractivity contribution < 1.29 is 58.9 Å². The number of hydrazone groups is 1. The molecule has 0 aromatic heterocycles. The lowest BCUT2D eigenvalue weighted by molar-refractivity contribution is -0.160. The second kappa shape index (κ2) is 18.0. The highest BCUT2D eigenvalue weighted by Crippen LogP contribution is 2.55. The molecular formula is C42H57N3O12. The molecule has 6 N–H and O–H groups in total. The van der Waals surface area contributed by atoms with E-state index >= 15 is 0 Å². The van der Waals surface area contributed by atoms with E-state index in [1.54, 1.807) is 44.9 Å². The van der Waals surface area contributed by atoms with Gasteiger partial charge in [0.15, 0.2) is 5.75 Å². The average molecular weight is 796 g/mol. The van der Waals surface area contributed by atoms with Gasteiger partial charge in [0, 0.05) is 74.2 Å². The van der Waals surface area contributed by atoms with Gasteiger partial charge in [-0.25, -0.2) is 0 Å². The van der Waals surface area contributed by atoms with Gasteiger partial charge in [-0.05, 0) is 33.8 Å². The van der Waals surface area contributed by atoms with Crippen molar-refractivity contribution in [1.29, 1.82) is 0 Å². The van der Waals surface area contributed by atoms with Gasteiger partial charge in [0.2, 0.25) is 0 Å². The molecule has 3 heterocycles. The van der Waals surface area contributed by atoms with Crippen LogP contribution in [0.15, 0.2) is 41.2 Å². The molecule has 0 saturated carbocycles. The maximum absolute atomic E-state index is 14.4. The maximum Gasteiger partial charge on any atom is 0.312 e. The fourth-order valence-corrected chi connectivity index (χ4v) is 7.40. The van der Waals surface area contributed by atoms with Crippen molar-refractivity contribution in [2.75, 3.05) is 25.5 Å². The van der Waals surface area contributed by atoms with Gasteiger partial charge in [-0.1, -0.05) is 45.9 Å². The fourth-order valence-electron chi connectivity index (χ4n) is 7.40. The molecule has 0 spiro atoms. The van der Waals surface area contributed by atoms with E-state index in [4.69, 9.17) is 18.9 Å². The number of anilines is 1. The minimum absolute atomic E-state index is 0.0520. The van der Waals surface area contributed by atoms with E-state index < -0.39 is 88.8 Å². The second-order valence-corrected chi connectivity index (χ2v) is 15.0. The number of hydrogen-bond donors (Lipinski definition) is 6. The molecule has 1 amide bonds. The monoisotopic (exact) mass is 795 g/mol. The molecule has 0 saturated heterocycles. The van der Waals surface area contributed by atoms with Crippen LogP contribution in [0.25, 0.3) is 10.8 Å². The largest absolute Gasteiger partial charge is 0.507 e. The zero-order chi connectivity index (χ0) is 42.7. The number of ketones is 1. The Morgan fingerprint density at radius 3 is 2.21 bits per heavy atom. The van der Waals surface area contributed by atoms with Crippen molar-refractivity contribution in [2.24, 2.45) is 28.8 Å². The number of carbonyl (C=O) groups is 3. The van der Waals surface area contributed by atoms with Crippen molar-refractivity contribution in [1.82, 2.24) is 5.01 Å². The number of carbonyl (C=O) groups excluding carboxylic acids is 3. The Hall–Kier alpha value is -5.12. The van der Waals surface area contributed by atoms with E-state index in [9.17, 15) is 39.9 Å². The number of phenolic OH excluding ortho intramolecular Hbond substituents is 3. The molecule has 312 valence electrons. The van der Waals surface area contributed by atoms with Crippen molar-refractivity contribution in [2.45, 2.75) is 99.4 Å². The molecular weight excluding hydrogens is 738 g/mol. The average Bonchev–Trinajstić information content (AvgIpc) is 3.44. The normalized spacial score (nSPS) is 30.7. The summed E-state index contributed by atoms with van der Waals surface area (Å²) in [5, 5.41) is 66.3. The summed E-state index contributed by atoms with van der Waals surface area (Å²) in [6, 6.07) is 0. The molecule has 2 aromatic rings. The summed E-state index contributed by atoms with van der Waals surface area (Å²) in [5.41, 5.74) is -0.392. The summed E-state index contributed by atoms with van der Waals surface area (Å²) in [4.78, 5) is 40.3. The third kappa shape index (κ3) is 8.75. The SMILES string of the molecule is CCN(CC)/N=C/c1c2c(O)c3c(O)c(C)c4c(c3c1O)C(=O)[C@@](C)(O/C=C/[C@H](OC)[C@@H](C)[C@@H](OC(C)=O)[C@H](C)[C@@H](O)[C@H](C)[C@H](O)[C@H](C)/C=C/C=C(/C)C(=O)N2)O4. The molecule has 2 aromatic carbocycles. The van der Waals surface area contributed by atoms with E-state index in [-0.39, 0.29) is 44.5 Å². The Labute approximate surface area is 333 Å². The van der Waals surface area contributed by atoms with E-state index in [0.717, 1.165) is 0 Å². The maximum atomic E-state index is 14.4. The summed E-state index contributed by atoms with van der Waals surface area (Å²) in [5.74, 6) is -8.38. The number of phenols is 3. The number of nitrogens with zero attached hydrogens (tertiary/aromatic N) is 2. The number of aliphatic hydroxyl groups excluding tert-OH is 2. The van der Waals surface area contributed by atoms with Gasteiger partial charge >= 0.3 is 11.8 Å². The molecule has 15 nitrogen and oxygen atoms in total. The van der Waals surface area contributed by atoms with Crippen LogP contribution in [0.3, 0.4) is 0 Å². The summed E-state index contributed by atoms with van der Waals surface area (Å²) in [6.45, 7) is 17.2. The smallest absolute Gasteiger partial charge is 0.312 e. The van der Waals surface area contributed by atoms with Crippen LogP contribution in [0.1, 0.15) is 83.8 Å². The number of rotatable bonds is 6. The third-order valence-corrected chi connectivity index (χ3v) is 11.1. The molecule has 3 aliphatic rings. The molecule has 0 unspecified atom stereocenters. The first-order chi connectivity index (χ1) is 26.8. The van der Waals surface area contributed by atoms with Gasteiger partial charge in [-0.15, -0.1) is 0 Å². The summed E-state index contributed by atoms with van der Waals surface area (Å²) < 4.78 is 23.5. The number of hydrogen-bond acceptors (Lipinski definition) is 14. The van der Waals surface area contributed by atoms with Crippen LogP contribution >= 0.6 is 0 Å². The summed E-state index contributed by atoms with van der Waals surface area (Å²) >= 11 is 0. The van der Waals surface area contributed by atoms with Gasteiger partial charge in [0.25, 0.3) is 11.7 Å².